The molecule has 176 valence electrons. The fraction of sp³-hybridized carbons (Fsp3) is 0.875. The maximum absolute atomic E-state index is 12.5. The lowest BCUT2D eigenvalue weighted by Gasteiger charge is -2.42. The number of methoxy groups -OCH3 is 1. The standard InChI is InChI=1S/C24H40N2O5/c1-16(2)8-9-19-23(3,31-19)21-20(28-5)18(10-12-24(21)15-29-24)30-22(27)25-13-11-17-7-6-14-26(17)4/h8,17-21H,6-7,9-15H2,1-5H3,(H,25,27)/t17?,18-,19-,20-,21?,23+,24+/m1/s1. The fourth-order valence-corrected chi connectivity index (χ4v) is 5.93. The Hall–Kier alpha value is -1.15. The summed E-state index contributed by atoms with van der Waals surface area (Å²) < 4.78 is 24.0. The van der Waals surface area contributed by atoms with Crippen LogP contribution in [0.4, 0.5) is 4.79 Å². The summed E-state index contributed by atoms with van der Waals surface area (Å²) in [6.45, 7) is 8.90. The van der Waals surface area contributed by atoms with E-state index < -0.39 is 0 Å². The van der Waals surface area contributed by atoms with Crippen molar-refractivity contribution in [3.63, 3.8) is 0 Å². The number of alkyl carbamates (subject to hydrolysis) is 1. The molecular weight excluding hydrogens is 396 g/mol. The van der Waals surface area contributed by atoms with Crippen molar-refractivity contribution >= 4 is 6.09 Å². The van der Waals surface area contributed by atoms with Crippen molar-refractivity contribution < 1.29 is 23.7 Å². The molecule has 1 spiro atoms. The molecule has 0 bridgehead atoms. The fourth-order valence-electron chi connectivity index (χ4n) is 5.93. The lowest BCUT2D eigenvalue weighted by molar-refractivity contribution is -0.118. The molecule has 2 unspecified atom stereocenters. The quantitative estimate of drug-likeness (QED) is 0.465. The van der Waals surface area contributed by atoms with E-state index in [0.717, 1.165) is 38.8 Å². The van der Waals surface area contributed by atoms with Crippen LogP contribution in [-0.2, 0) is 18.9 Å². The van der Waals surface area contributed by atoms with Crippen molar-refractivity contribution in [2.24, 2.45) is 5.92 Å². The number of ether oxygens (including phenoxy) is 4. The van der Waals surface area contributed by atoms with E-state index in [1.54, 1.807) is 7.11 Å². The van der Waals surface area contributed by atoms with Crippen molar-refractivity contribution in [3.8, 4) is 0 Å². The average molecular weight is 437 g/mol. The average Bonchev–Trinajstić information content (AvgIpc) is 3.59. The summed E-state index contributed by atoms with van der Waals surface area (Å²) in [7, 11) is 3.86. The van der Waals surface area contributed by atoms with Crippen molar-refractivity contribution in [2.75, 3.05) is 33.9 Å². The SMILES string of the molecule is CO[C@H]1C([C@@]2(C)O[C@@H]2CC=C(C)C)[C@]2(CC[C@H]1OC(=O)NCCC1CCCN1C)CO2. The van der Waals surface area contributed by atoms with E-state index in [9.17, 15) is 4.79 Å². The monoisotopic (exact) mass is 436 g/mol. The maximum Gasteiger partial charge on any atom is 0.407 e. The van der Waals surface area contributed by atoms with Gasteiger partial charge >= 0.3 is 6.09 Å². The molecule has 4 rings (SSSR count). The number of carbonyl (C=O) groups is 1. The number of nitrogens with one attached hydrogen (secondary N) is 1. The minimum absolute atomic E-state index is 0.0549. The Labute approximate surface area is 186 Å². The van der Waals surface area contributed by atoms with Gasteiger partial charge in [0.2, 0.25) is 0 Å². The molecule has 0 radical (unpaired) electrons. The second kappa shape index (κ2) is 9.00. The predicted molar refractivity (Wildman–Crippen MR) is 118 cm³/mol. The van der Waals surface area contributed by atoms with Gasteiger partial charge in [0, 0.05) is 19.7 Å². The first kappa shape index (κ1) is 23.0. The molecule has 1 saturated carbocycles. The molecule has 3 heterocycles. The molecule has 1 aliphatic carbocycles. The Morgan fingerprint density at radius 3 is 2.71 bits per heavy atom. The number of nitrogens with zero attached hydrogens (tertiary/aromatic N) is 1. The summed E-state index contributed by atoms with van der Waals surface area (Å²) in [4.78, 5) is 14.9. The first-order valence-electron chi connectivity index (χ1n) is 11.9. The zero-order valence-corrected chi connectivity index (χ0v) is 19.8. The van der Waals surface area contributed by atoms with Crippen LogP contribution in [0.2, 0.25) is 0 Å². The van der Waals surface area contributed by atoms with Gasteiger partial charge in [0.1, 0.15) is 23.4 Å². The van der Waals surface area contributed by atoms with Gasteiger partial charge in [-0.15, -0.1) is 0 Å². The molecule has 31 heavy (non-hydrogen) atoms. The topological polar surface area (TPSA) is 75.9 Å². The molecule has 1 amide bonds. The second-order valence-electron chi connectivity index (χ2n) is 10.3. The second-order valence-corrected chi connectivity index (χ2v) is 10.3. The van der Waals surface area contributed by atoms with E-state index in [2.05, 4.69) is 44.1 Å². The van der Waals surface area contributed by atoms with E-state index >= 15 is 0 Å². The number of likely N-dealkylation sites (tertiary alicyclic amines) is 1. The highest BCUT2D eigenvalue weighted by molar-refractivity contribution is 5.67. The van der Waals surface area contributed by atoms with Crippen LogP contribution in [0.1, 0.15) is 59.3 Å². The summed E-state index contributed by atoms with van der Waals surface area (Å²) in [6.07, 6.45) is 7.44. The van der Waals surface area contributed by atoms with Gasteiger partial charge in [0.25, 0.3) is 0 Å². The van der Waals surface area contributed by atoms with Gasteiger partial charge in [-0.2, -0.15) is 0 Å². The number of rotatable bonds is 8. The predicted octanol–water partition coefficient (Wildman–Crippen LogP) is 3.27. The summed E-state index contributed by atoms with van der Waals surface area (Å²) in [6, 6.07) is 0.558. The highest BCUT2D eigenvalue weighted by Crippen LogP contribution is 2.59. The highest BCUT2D eigenvalue weighted by atomic mass is 16.6. The van der Waals surface area contributed by atoms with Crippen LogP contribution in [0.3, 0.4) is 0 Å². The lowest BCUT2D eigenvalue weighted by atomic mass is 9.68. The zero-order chi connectivity index (χ0) is 22.2. The largest absolute Gasteiger partial charge is 0.443 e. The third-order valence-corrected chi connectivity index (χ3v) is 7.91. The number of allylic oxidation sites excluding steroid dienone is 1. The highest BCUT2D eigenvalue weighted by Gasteiger charge is 2.72. The van der Waals surface area contributed by atoms with Crippen molar-refractivity contribution in [3.05, 3.63) is 11.6 Å². The van der Waals surface area contributed by atoms with Crippen LogP contribution in [0.25, 0.3) is 0 Å². The van der Waals surface area contributed by atoms with E-state index in [0.29, 0.717) is 12.6 Å². The maximum atomic E-state index is 12.5. The summed E-state index contributed by atoms with van der Waals surface area (Å²) in [5, 5.41) is 2.96. The molecule has 7 atom stereocenters. The van der Waals surface area contributed by atoms with Crippen LogP contribution in [0.5, 0.6) is 0 Å². The molecule has 0 aromatic rings. The number of hydrogen-bond donors (Lipinski definition) is 1. The van der Waals surface area contributed by atoms with Gasteiger partial charge < -0.3 is 29.2 Å². The molecule has 0 aromatic carbocycles. The summed E-state index contributed by atoms with van der Waals surface area (Å²) in [5.74, 6) is 0.0549. The van der Waals surface area contributed by atoms with Gasteiger partial charge in [-0.25, -0.2) is 4.79 Å². The summed E-state index contributed by atoms with van der Waals surface area (Å²) >= 11 is 0. The normalized spacial score (nSPS) is 41.8. The van der Waals surface area contributed by atoms with E-state index in [1.807, 2.05) is 0 Å². The number of amides is 1. The molecule has 4 fully saturated rings. The number of epoxide rings is 2. The van der Waals surface area contributed by atoms with Crippen LogP contribution >= 0.6 is 0 Å². The Kier molecular flexibility index (Phi) is 6.69. The van der Waals surface area contributed by atoms with E-state index in [4.69, 9.17) is 18.9 Å². The van der Waals surface area contributed by atoms with Gasteiger partial charge in [0.15, 0.2) is 0 Å². The van der Waals surface area contributed by atoms with Crippen molar-refractivity contribution in [1.82, 2.24) is 10.2 Å². The van der Waals surface area contributed by atoms with Crippen molar-refractivity contribution in [2.45, 2.75) is 94.9 Å². The molecular formula is C24H40N2O5. The van der Waals surface area contributed by atoms with Gasteiger partial charge in [-0.3, -0.25) is 0 Å². The molecule has 7 nitrogen and oxygen atoms in total. The Balaban J connectivity index is 1.34. The van der Waals surface area contributed by atoms with E-state index in [1.165, 1.54) is 18.4 Å². The third kappa shape index (κ3) is 4.80. The molecule has 4 aliphatic rings. The van der Waals surface area contributed by atoms with Gasteiger partial charge in [0.05, 0.1) is 18.6 Å². The molecule has 7 heteroatoms. The van der Waals surface area contributed by atoms with Gasteiger partial charge in [-0.1, -0.05) is 11.6 Å². The summed E-state index contributed by atoms with van der Waals surface area (Å²) in [5.41, 5.74) is 0.789. The smallest absolute Gasteiger partial charge is 0.407 e. The minimum atomic E-state index is -0.345. The van der Waals surface area contributed by atoms with E-state index in [-0.39, 0.29) is 41.5 Å². The first-order chi connectivity index (χ1) is 14.8. The molecule has 0 aromatic heterocycles. The van der Waals surface area contributed by atoms with Crippen molar-refractivity contribution in [1.29, 1.82) is 0 Å². The lowest BCUT2D eigenvalue weighted by Crippen LogP contribution is -2.56. The van der Waals surface area contributed by atoms with Crippen LogP contribution in [-0.4, -0.2) is 80.4 Å². The number of hydrogen-bond acceptors (Lipinski definition) is 6. The van der Waals surface area contributed by atoms with Crippen LogP contribution in [0, 0.1) is 5.92 Å². The first-order valence-corrected chi connectivity index (χ1v) is 11.9. The molecule has 1 N–H and O–H groups in total. The van der Waals surface area contributed by atoms with Gasteiger partial charge in [-0.05, 0) is 72.9 Å². The van der Waals surface area contributed by atoms with Crippen LogP contribution in [0.15, 0.2) is 11.6 Å². The molecule has 3 saturated heterocycles. The van der Waals surface area contributed by atoms with Crippen LogP contribution < -0.4 is 5.32 Å². The minimum Gasteiger partial charge on any atom is -0.443 e. The Morgan fingerprint density at radius 2 is 2.10 bits per heavy atom. The molecule has 3 aliphatic heterocycles. The Morgan fingerprint density at radius 1 is 1.32 bits per heavy atom. The third-order valence-electron chi connectivity index (χ3n) is 7.91. The number of carbonyl (C=O) groups excluding carboxylic acids is 1. The Bertz CT molecular complexity index is 689. The zero-order valence-electron chi connectivity index (χ0n) is 19.8.